The van der Waals surface area contributed by atoms with Crippen molar-refractivity contribution in [2.75, 3.05) is 6.61 Å². The highest BCUT2D eigenvalue weighted by Gasteiger charge is 2.04. The van der Waals surface area contributed by atoms with Crippen LogP contribution < -0.4 is 4.74 Å². The van der Waals surface area contributed by atoms with Crippen molar-refractivity contribution in [3.05, 3.63) is 95.6 Å². The summed E-state index contributed by atoms with van der Waals surface area (Å²) in [6.07, 6.45) is 16.0. The smallest absolute Gasteiger partial charge is 0.185 e. The maximum absolute atomic E-state index is 12.7. The van der Waals surface area contributed by atoms with E-state index in [-0.39, 0.29) is 5.78 Å². The molecule has 0 aliphatic rings. The third kappa shape index (κ3) is 9.49. The zero-order chi connectivity index (χ0) is 25.4. The van der Waals surface area contributed by atoms with Gasteiger partial charge in [0, 0.05) is 5.56 Å². The van der Waals surface area contributed by atoms with E-state index in [0.717, 1.165) is 36.3 Å². The molecule has 0 saturated carbocycles. The highest BCUT2D eigenvalue weighted by Crippen LogP contribution is 2.22. The van der Waals surface area contributed by atoms with Crippen molar-refractivity contribution in [1.29, 1.82) is 0 Å². The lowest BCUT2D eigenvalue weighted by molar-refractivity contribution is 0.104. The number of aryl methyl sites for hydroxylation is 1. The molecule has 0 atom stereocenters. The van der Waals surface area contributed by atoms with E-state index in [0.29, 0.717) is 5.56 Å². The summed E-state index contributed by atoms with van der Waals surface area (Å²) in [4.78, 5) is 12.7. The molecule has 0 amide bonds. The fourth-order valence-corrected chi connectivity index (χ4v) is 4.29. The van der Waals surface area contributed by atoms with E-state index in [1.54, 1.807) is 6.08 Å². The van der Waals surface area contributed by atoms with Crippen LogP contribution in [-0.2, 0) is 6.42 Å². The Bertz CT molecular complexity index is 1040. The fraction of sp³-hybridized carbons (Fsp3) is 0.382. The van der Waals surface area contributed by atoms with Crippen molar-refractivity contribution in [1.82, 2.24) is 0 Å². The molecule has 190 valence electrons. The van der Waals surface area contributed by atoms with Crippen LogP contribution in [0.1, 0.15) is 93.1 Å². The molecule has 0 aliphatic carbocycles. The van der Waals surface area contributed by atoms with Gasteiger partial charge in [-0.25, -0.2) is 0 Å². The third-order valence-electron chi connectivity index (χ3n) is 6.60. The normalized spacial score (nSPS) is 11.2. The van der Waals surface area contributed by atoms with Crippen molar-refractivity contribution in [2.45, 2.75) is 78.1 Å². The molecular weight excluding hydrogens is 440 g/mol. The standard InChI is InChI=1S/C34H42O2/c1-3-5-7-8-9-11-27-36-33-24-15-29(16-25-33)17-26-34(35)32-22-20-31(21-23-32)30-18-13-28(14-19-30)12-10-6-4-2/h13-26H,3-12,27H2,1-2H3. The summed E-state index contributed by atoms with van der Waals surface area (Å²) in [5.74, 6) is 0.896. The first-order valence-electron chi connectivity index (χ1n) is 13.8. The maximum Gasteiger partial charge on any atom is 0.185 e. The summed E-state index contributed by atoms with van der Waals surface area (Å²) in [5, 5.41) is 0. The summed E-state index contributed by atoms with van der Waals surface area (Å²) in [6, 6.07) is 24.6. The predicted molar refractivity (Wildman–Crippen MR) is 154 cm³/mol. The minimum atomic E-state index is 0.0104. The molecule has 0 heterocycles. The van der Waals surface area contributed by atoms with Crippen LogP contribution in [0.2, 0.25) is 0 Å². The number of rotatable bonds is 16. The molecule has 2 heteroatoms. The number of allylic oxidation sites excluding steroid dienone is 1. The highest BCUT2D eigenvalue weighted by molar-refractivity contribution is 6.07. The molecule has 0 aromatic heterocycles. The lowest BCUT2D eigenvalue weighted by Gasteiger charge is -2.06. The molecule has 0 spiro atoms. The zero-order valence-corrected chi connectivity index (χ0v) is 22.2. The average Bonchev–Trinajstić information content (AvgIpc) is 2.92. The molecule has 0 aliphatic heterocycles. The Hall–Kier alpha value is -3.13. The summed E-state index contributed by atoms with van der Waals surface area (Å²) < 4.78 is 5.85. The lowest BCUT2D eigenvalue weighted by atomic mass is 9.99. The largest absolute Gasteiger partial charge is 0.494 e. The molecule has 2 nitrogen and oxygen atoms in total. The van der Waals surface area contributed by atoms with Gasteiger partial charge in [-0.3, -0.25) is 4.79 Å². The quantitative estimate of drug-likeness (QED) is 0.115. The second kappa shape index (κ2) is 15.8. The van der Waals surface area contributed by atoms with Gasteiger partial charge >= 0.3 is 0 Å². The van der Waals surface area contributed by atoms with Crippen LogP contribution in [0.3, 0.4) is 0 Å². The van der Waals surface area contributed by atoms with Crippen LogP contribution in [0, 0.1) is 0 Å². The minimum absolute atomic E-state index is 0.0104. The first-order chi connectivity index (χ1) is 17.7. The molecule has 0 bridgehead atoms. The molecule has 3 rings (SSSR count). The Morgan fingerprint density at radius 1 is 0.667 bits per heavy atom. The van der Waals surface area contributed by atoms with E-state index in [9.17, 15) is 4.79 Å². The van der Waals surface area contributed by atoms with Crippen molar-refractivity contribution >= 4 is 11.9 Å². The van der Waals surface area contributed by atoms with E-state index < -0.39 is 0 Å². The van der Waals surface area contributed by atoms with Gasteiger partial charge in [0.2, 0.25) is 0 Å². The monoisotopic (exact) mass is 482 g/mol. The van der Waals surface area contributed by atoms with Gasteiger partial charge in [0.15, 0.2) is 5.78 Å². The number of carbonyl (C=O) groups excluding carboxylic acids is 1. The van der Waals surface area contributed by atoms with Crippen LogP contribution in [0.5, 0.6) is 5.75 Å². The van der Waals surface area contributed by atoms with Gasteiger partial charge in [0.25, 0.3) is 0 Å². The fourth-order valence-electron chi connectivity index (χ4n) is 4.29. The number of ether oxygens (including phenoxy) is 1. The second-order valence-corrected chi connectivity index (χ2v) is 9.61. The van der Waals surface area contributed by atoms with Crippen molar-refractivity contribution < 1.29 is 9.53 Å². The number of hydrogen-bond donors (Lipinski definition) is 0. The molecule has 0 saturated heterocycles. The minimum Gasteiger partial charge on any atom is -0.494 e. The first-order valence-corrected chi connectivity index (χ1v) is 13.8. The number of hydrogen-bond acceptors (Lipinski definition) is 2. The Labute approximate surface area is 218 Å². The van der Waals surface area contributed by atoms with Gasteiger partial charge in [0.1, 0.15) is 5.75 Å². The van der Waals surface area contributed by atoms with E-state index in [2.05, 4.69) is 38.1 Å². The summed E-state index contributed by atoms with van der Waals surface area (Å²) in [7, 11) is 0. The molecule has 0 unspecified atom stereocenters. The number of carbonyl (C=O) groups is 1. The van der Waals surface area contributed by atoms with Gasteiger partial charge < -0.3 is 4.74 Å². The highest BCUT2D eigenvalue weighted by atomic mass is 16.5. The van der Waals surface area contributed by atoms with Crippen LogP contribution in [0.4, 0.5) is 0 Å². The number of unbranched alkanes of at least 4 members (excludes halogenated alkanes) is 7. The Balaban J connectivity index is 1.46. The molecule has 3 aromatic rings. The average molecular weight is 483 g/mol. The zero-order valence-electron chi connectivity index (χ0n) is 22.2. The van der Waals surface area contributed by atoms with Crippen molar-refractivity contribution in [3.63, 3.8) is 0 Å². The Morgan fingerprint density at radius 3 is 1.92 bits per heavy atom. The van der Waals surface area contributed by atoms with Crippen LogP contribution >= 0.6 is 0 Å². The second-order valence-electron chi connectivity index (χ2n) is 9.61. The molecule has 0 N–H and O–H groups in total. The van der Waals surface area contributed by atoms with Gasteiger partial charge in [-0.2, -0.15) is 0 Å². The van der Waals surface area contributed by atoms with E-state index >= 15 is 0 Å². The molecule has 3 aromatic carbocycles. The number of benzene rings is 3. The maximum atomic E-state index is 12.7. The molecule has 0 radical (unpaired) electrons. The first kappa shape index (κ1) is 27.5. The van der Waals surface area contributed by atoms with E-state index in [1.165, 1.54) is 62.5 Å². The van der Waals surface area contributed by atoms with E-state index in [4.69, 9.17) is 4.74 Å². The van der Waals surface area contributed by atoms with Gasteiger partial charge in [-0.15, -0.1) is 0 Å². The topological polar surface area (TPSA) is 26.3 Å². The Kier molecular flexibility index (Phi) is 12.0. The summed E-state index contributed by atoms with van der Waals surface area (Å²) in [5.41, 5.74) is 5.40. The van der Waals surface area contributed by atoms with E-state index in [1.807, 2.05) is 54.6 Å². The summed E-state index contributed by atoms with van der Waals surface area (Å²) >= 11 is 0. The van der Waals surface area contributed by atoms with Crippen molar-refractivity contribution in [2.24, 2.45) is 0 Å². The molecular formula is C34H42O2. The van der Waals surface area contributed by atoms with Gasteiger partial charge in [-0.1, -0.05) is 126 Å². The van der Waals surface area contributed by atoms with Crippen molar-refractivity contribution in [3.8, 4) is 16.9 Å². The lowest BCUT2D eigenvalue weighted by Crippen LogP contribution is -1.97. The van der Waals surface area contributed by atoms with Gasteiger partial charge in [0.05, 0.1) is 6.61 Å². The number of ketones is 1. The third-order valence-corrected chi connectivity index (χ3v) is 6.60. The SMILES string of the molecule is CCCCCCCCOc1ccc(C=CC(=O)c2ccc(-c3ccc(CCCCC)cc3)cc2)cc1. The molecule has 0 fully saturated rings. The van der Waals surface area contributed by atoms with Crippen LogP contribution in [0.15, 0.2) is 78.9 Å². The Morgan fingerprint density at radius 2 is 1.25 bits per heavy atom. The van der Waals surface area contributed by atoms with Crippen LogP contribution in [0.25, 0.3) is 17.2 Å². The van der Waals surface area contributed by atoms with Crippen LogP contribution in [-0.4, -0.2) is 12.4 Å². The summed E-state index contributed by atoms with van der Waals surface area (Å²) in [6.45, 7) is 5.24. The predicted octanol–water partition coefficient (Wildman–Crippen LogP) is 9.72. The molecule has 36 heavy (non-hydrogen) atoms. The van der Waals surface area contributed by atoms with Gasteiger partial charge in [-0.05, 0) is 59.7 Å².